The molecule has 0 amide bonds. The third-order valence-electron chi connectivity index (χ3n) is 12.0. The molecule has 3 atom stereocenters. The van der Waals surface area contributed by atoms with Crippen molar-refractivity contribution in [2.75, 3.05) is 41.9 Å². The van der Waals surface area contributed by atoms with Crippen molar-refractivity contribution in [3.8, 4) is 0 Å². The van der Waals surface area contributed by atoms with Crippen molar-refractivity contribution in [3.63, 3.8) is 0 Å². The maximum atomic E-state index is 6.19. The minimum absolute atomic E-state index is 0.210. The fourth-order valence-corrected chi connectivity index (χ4v) is 8.41. The van der Waals surface area contributed by atoms with Gasteiger partial charge in [0.2, 0.25) is 23.5 Å². The number of imidazole rings is 4. The molecule has 1 saturated carbocycles. The Hall–Kier alpha value is -7.22. The third kappa shape index (κ3) is 10.8. The van der Waals surface area contributed by atoms with E-state index in [4.69, 9.17) is 30.2 Å². The van der Waals surface area contributed by atoms with E-state index >= 15 is 0 Å². The summed E-state index contributed by atoms with van der Waals surface area (Å²) in [4.78, 5) is 39.6. The van der Waals surface area contributed by atoms with Gasteiger partial charge in [-0.2, -0.15) is 29.5 Å². The average Bonchev–Trinajstić information content (AvgIpc) is 4.21. The number of nitrogens with zero attached hydrogens (tertiary/aromatic N) is 20. The summed E-state index contributed by atoms with van der Waals surface area (Å²) in [5.74, 6) is 3.32. The van der Waals surface area contributed by atoms with Crippen LogP contribution < -0.4 is 21.7 Å². The van der Waals surface area contributed by atoms with Crippen molar-refractivity contribution < 1.29 is 9.47 Å². The molecule has 1 saturated heterocycles. The second-order valence-electron chi connectivity index (χ2n) is 17.0. The third-order valence-corrected chi connectivity index (χ3v) is 12.0. The lowest BCUT2D eigenvalue weighted by atomic mass is 9.95. The van der Waals surface area contributed by atoms with Crippen molar-refractivity contribution in [1.29, 1.82) is 0 Å². The molecular weight excluding hydrogens is 873 g/mol. The van der Waals surface area contributed by atoms with Gasteiger partial charge in [-0.15, -0.1) is 20.4 Å². The van der Waals surface area contributed by atoms with Gasteiger partial charge in [0.15, 0.2) is 28.4 Å². The lowest BCUT2D eigenvalue weighted by Gasteiger charge is -2.23. The molecule has 26 heteroatoms. The zero-order valence-corrected chi connectivity index (χ0v) is 39.2. The van der Waals surface area contributed by atoms with E-state index in [0.717, 1.165) is 66.9 Å². The van der Waals surface area contributed by atoms with Crippen LogP contribution >= 0.6 is 0 Å². The summed E-state index contributed by atoms with van der Waals surface area (Å²) in [5.41, 5.74) is 10.9. The van der Waals surface area contributed by atoms with Gasteiger partial charge in [0, 0.05) is 72.1 Å². The zero-order valence-electron chi connectivity index (χ0n) is 39.2. The Kier molecular flexibility index (Phi) is 14.3. The number of tetrazole rings is 2. The standard InChI is InChI=1S/C24H36N12O.C18H24N12O/c1-4-36-32-21(31-33-36)19(37-3)11-13-35-16-27-20-22(28-17-8-6-5-7-9-17)29-24(30-23(20)35)25-12-10-18-14-34(2)15-26-18;1-3-30-26-16(25-27-30)12-4-5-13(31-12)29-10-22-14-15(19)23-18(24-17(14)29)20-7-6-11-8-28(2)9-21-11/h14-17,19H,4-13H2,1-3H3,(H2,25,28,29,30);8-10,12-13H,3-7H2,1-2H3,(H3,19,20,23,24). The van der Waals surface area contributed by atoms with Crippen molar-refractivity contribution in [1.82, 2.24) is 98.6 Å². The van der Waals surface area contributed by atoms with Crippen LogP contribution in [0.2, 0.25) is 0 Å². The summed E-state index contributed by atoms with van der Waals surface area (Å²) >= 11 is 0. The molecule has 8 aromatic heterocycles. The van der Waals surface area contributed by atoms with Crippen molar-refractivity contribution in [2.24, 2.45) is 14.1 Å². The molecule has 0 bridgehead atoms. The van der Waals surface area contributed by atoms with Crippen LogP contribution in [0.15, 0.2) is 37.7 Å². The van der Waals surface area contributed by atoms with Crippen molar-refractivity contribution in [3.05, 3.63) is 60.7 Å². The Bertz CT molecular complexity index is 2870. The Morgan fingerprint density at radius 3 is 2.09 bits per heavy atom. The van der Waals surface area contributed by atoms with Crippen LogP contribution in [0.3, 0.4) is 0 Å². The predicted octanol–water partition coefficient (Wildman–Crippen LogP) is 3.60. The highest BCUT2D eigenvalue weighted by molar-refractivity contribution is 5.84. The first-order valence-corrected chi connectivity index (χ1v) is 23.4. The van der Waals surface area contributed by atoms with E-state index in [1.165, 1.54) is 19.3 Å². The molecule has 360 valence electrons. The Labute approximate surface area is 391 Å². The number of rotatable bonds is 19. The van der Waals surface area contributed by atoms with Crippen LogP contribution in [0, 0.1) is 0 Å². The number of hydrogen-bond donors (Lipinski definition) is 4. The lowest BCUT2D eigenvalue weighted by Crippen LogP contribution is -2.23. The second-order valence-corrected chi connectivity index (χ2v) is 17.0. The number of anilines is 4. The molecule has 3 unspecified atom stereocenters. The molecule has 0 aromatic carbocycles. The first-order chi connectivity index (χ1) is 33.2. The number of fused-ring (bicyclic) bond motifs is 2. The maximum Gasteiger partial charge on any atom is 0.226 e. The molecular formula is C42H60N24O2. The number of methoxy groups -OCH3 is 1. The summed E-state index contributed by atoms with van der Waals surface area (Å²) in [7, 11) is 5.59. The summed E-state index contributed by atoms with van der Waals surface area (Å²) < 4.78 is 19.7. The number of hydrogen-bond acceptors (Lipinski definition) is 20. The lowest BCUT2D eigenvalue weighted by molar-refractivity contribution is -0.000968. The Morgan fingerprint density at radius 2 is 1.43 bits per heavy atom. The van der Waals surface area contributed by atoms with Gasteiger partial charge >= 0.3 is 0 Å². The molecule has 2 aliphatic rings. The van der Waals surface area contributed by atoms with E-state index in [-0.39, 0.29) is 18.4 Å². The largest absolute Gasteiger partial charge is 0.382 e. The molecule has 0 radical (unpaired) electrons. The quantitative estimate of drug-likeness (QED) is 0.0901. The number of nitrogens with one attached hydrogen (secondary N) is 3. The molecule has 9 heterocycles. The van der Waals surface area contributed by atoms with Gasteiger partial charge in [0.1, 0.15) is 24.0 Å². The zero-order chi connectivity index (χ0) is 47.0. The van der Waals surface area contributed by atoms with E-state index in [9.17, 15) is 0 Å². The normalized spacial score (nSPS) is 16.9. The van der Waals surface area contributed by atoms with Gasteiger partial charge in [-0.05, 0) is 56.4 Å². The summed E-state index contributed by atoms with van der Waals surface area (Å²) in [6.45, 7) is 7.24. The van der Waals surface area contributed by atoms with Gasteiger partial charge < -0.3 is 44.9 Å². The highest BCUT2D eigenvalue weighted by atomic mass is 16.5. The van der Waals surface area contributed by atoms with Crippen LogP contribution in [0.25, 0.3) is 22.3 Å². The molecule has 0 spiro atoms. The molecule has 10 rings (SSSR count). The number of nitrogen functional groups attached to an aromatic ring is 1. The molecule has 68 heavy (non-hydrogen) atoms. The van der Waals surface area contributed by atoms with Crippen LogP contribution in [-0.2, 0) is 56.0 Å². The smallest absolute Gasteiger partial charge is 0.226 e. The van der Waals surface area contributed by atoms with E-state index in [1.54, 1.807) is 29.4 Å². The van der Waals surface area contributed by atoms with E-state index < -0.39 is 0 Å². The monoisotopic (exact) mass is 933 g/mol. The van der Waals surface area contributed by atoms with Gasteiger partial charge in [-0.1, -0.05) is 19.3 Å². The average molecular weight is 933 g/mol. The van der Waals surface area contributed by atoms with Crippen LogP contribution in [-0.4, -0.2) is 125 Å². The first-order valence-electron chi connectivity index (χ1n) is 23.4. The molecule has 2 fully saturated rings. The minimum atomic E-state index is -0.268. The predicted molar refractivity (Wildman–Crippen MR) is 250 cm³/mol. The SMILES string of the molecule is CCn1nnc(C(CCn2cnc3c(NC4CCCCC4)nc(NCCc4cn(C)cn4)nc32)OC)n1.CCn1nnc(C2CCC(n3cnc4c(N)nc(NCCc5cn(C)cn5)nc43)O2)n1. The topological polar surface area (TPSA) is 291 Å². The highest BCUT2D eigenvalue weighted by Gasteiger charge is 2.32. The van der Waals surface area contributed by atoms with Gasteiger partial charge in [0.05, 0.1) is 49.8 Å². The van der Waals surface area contributed by atoms with Crippen LogP contribution in [0.5, 0.6) is 0 Å². The Morgan fingerprint density at radius 1 is 0.750 bits per heavy atom. The number of aromatic nitrogens is 20. The van der Waals surface area contributed by atoms with Crippen LogP contribution in [0.4, 0.5) is 23.5 Å². The first kappa shape index (κ1) is 45.9. The van der Waals surface area contributed by atoms with Crippen molar-refractivity contribution in [2.45, 2.75) is 122 Å². The maximum absolute atomic E-state index is 6.19. The summed E-state index contributed by atoms with van der Waals surface area (Å²) in [6, 6.07) is 0.406. The fraction of sp³-hybridized carbons (Fsp3) is 0.571. The second kappa shape index (κ2) is 21.2. The molecule has 26 nitrogen and oxygen atoms in total. The minimum Gasteiger partial charge on any atom is -0.382 e. The van der Waals surface area contributed by atoms with E-state index in [1.807, 2.05) is 71.3 Å². The number of aryl methyl sites for hydroxylation is 5. The molecule has 8 aromatic rings. The fourth-order valence-electron chi connectivity index (χ4n) is 8.41. The highest BCUT2D eigenvalue weighted by Crippen LogP contribution is 2.38. The number of ether oxygens (including phenoxy) is 2. The van der Waals surface area contributed by atoms with E-state index in [0.29, 0.717) is 85.7 Å². The van der Waals surface area contributed by atoms with Gasteiger partial charge in [-0.25, -0.2) is 19.9 Å². The molecule has 1 aliphatic carbocycles. The van der Waals surface area contributed by atoms with Crippen molar-refractivity contribution >= 4 is 45.9 Å². The summed E-state index contributed by atoms with van der Waals surface area (Å²) in [6.07, 6.45) is 20.2. The van der Waals surface area contributed by atoms with Gasteiger partial charge in [-0.3, -0.25) is 4.57 Å². The van der Waals surface area contributed by atoms with Crippen LogP contribution in [0.1, 0.15) is 107 Å². The summed E-state index contributed by atoms with van der Waals surface area (Å²) in [5, 5.41) is 35.4. The van der Waals surface area contributed by atoms with E-state index in [2.05, 4.69) is 71.7 Å². The van der Waals surface area contributed by atoms with Gasteiger partial charge in [0.25, 0.3) is 0 Å². The number of nitrogens with two attached hydrogens (primary N) is 1. The Balaban J connectivity index is 0.000000172. The molecule has 5 N–H and O–H groups in total. The molecule has 1 aliphatic heterocycles.